The van der Waals surface area contributed by atoms with Crippen molar-refractivity contribution in [3.63, 3.8) is 0 Å². The molecular weight excluding hydrogens is 442 g/mol. The van der Waals surface area contributed by atoms with Gasteiger partial charge >= 0.3 is 5.97 Å². The van der Waals surface area contributed by atoms with Gasteiger partial charge in [0.15, 0.2) is 0 Å². The van der Waals surface area contributed by atoms with Gasteiger partial charge in [0.25, 0.3) is 5.69 Å². The second kappa shape index (κ2) is 9.40. The van der Waals surface area contributed by atoms with Crippen LogP contribution < -0.4 is 5.32 Å². The summed E-state index contributed by atoms with van der Waals surface area (Å²) < 4.78 is 18.0. The summed E-state index contributed by atoms with van der Waals surface area (Å²) >= 11 is 0. The Bertz CT molecular complexity index is 1050. The first-order chi connectivity index (χ1) is 15.1. The molecule has 4 atom stereocenters. The molecule has 0 spiro atoms. The molecule has 2 aliphatic heterocycles. The van der Waals surface area contributed by atoms with Crippen molar-refractivity contribution in [2.45, 2.75) is 39.0 Å². The first-order valence-electron chi connectivity index (χ1n) is 9.61. The summed E-state index contributed by atoms with van der Waals surface area (Å²) in [5.74, 6) is -2.43. The number of nitro benzene ring substituents is 1. The molecule has 0 saturated carbocycles. The Kier molecular flexibility index (Phi) is 6.84. The van der Waals surface area contributed by atoms with Crippen molar-refractivity contribution >= 4 is 34.3 Å². The number of amides is 2. The minimum Gasteiger partial charge on any atom is -0.456 e. The minimum absolute atomic E-state index is 0.111. The van der Waals surface area contributed by atoms with Crippen molar-refractivity contribution in [3.05, 3.63) is 62.2 Å². The van der Waals surface area contributed by atoms with Gasteiger partial charge in [0.2, 0.25) is 11.8 Å². The molecule has 1 unspecified atom stereocenters. The number of carbonyl (C=O) groups excluding carboxylic acids is 3. The Morgan fingerprint density at radius 3 is 2.62 bits per heavy atom. The summed E-state index contributed by atoms with van der Waals surface area (Å²) in [6.45, 7) is 2.54. The molecule has 0 aromatic heterocycles. The Balaban J connectivity index is 1.80. The zero-order valence-electron chi connectivity index (χ0n) is 17.2. The number of hydrogen-bond donors (Lipinski definition) is 2. The number of nitro groups is 1. The van der Waals surface area contributed by atoms with Crippen LogP contribution in [0.25, 0.3) is 0 Å². The lowest BCUT2D eigenvalue weighted by molar-refractivity contribution is -0.384. The third-order valence-corrected chi connectivity index (χ3v) is 6.35. The molecule has 2 aliphatic rings. The Labute approximate surface area is 185 Å². The van der Waals surface area contributed by atoms with Gasteiger partial charge < -0.3 is 20.1 Å². The topological polar surface area (TPSA) is 156 Å². The third kappa shape index (κ3) is 4.60. The highest BCUT2D eigenvalue weighted by Crippen LogP contribution is 2.45. The van der Waals surface area contributed by atoms with Gasteiger partial charge in [-0.3, -0.25) is 19.7 Å². The van der Waals surface area contributed by atoms with Crippen molar-refractivity contribution in [2.75, 3.05) is 0 Å². The molecular formula is C20H21N3O8S. The van der Waals surface area contributed by atoms with Crippen molar-refractivity contribution in [1.29, 1.82) is 0 Å². The van der Waals surface area contributed by atoms with Crippen molar-refractivity contribution < 1.29 is 33.4 Å². The van der Waals surface area contributed by atoms with Crippen molar-refractivity contribution in [3.8, 4) is 0 Å². The quantitative estimate of drug-likeness (QED) is 0.248. The molecule has 11 nitrogen and oxygen atoms in total. The number of rotatable bonds is 8. The van der Waals surface area contributed by atoms with Gasteiger partial charge in [0.1, 0.15) is 12.3 Å². The molecule has 1 saturated heterocycles. The number of carbonyl (C=O) groups is 3. The van der Waals surface area contributed by atoms with Gasteiger partial charge in [-0.05, 0) is 24.6 Å². The fraction of sp³-hybridized carbons (Fsp3) is 0.350. The lowest BCUT2D eigenvalue weighted by Crippen LogP contribution is -2.61. The van der Waals surface area contributed by atoms with Gasteiger partial charge in [0.05, 0.1) is 38.7 Å². The molecule has 1 aromatic rings. The molecule has 2 N–H and O–H groups in total. The van der Waals surface area contributed by atoms with Crippen LogP contribution in [0, 0.1) is 16.0 Å². The zero-order valence-corrected chi connectivity index (χ0v) is 18.0. The molecule has 3 rings (SSSR count). The van der Waals surface area contributed by atoms with Crippen LogP contribution in [0.3, 0.4) is 0 Å². The van der Waals surface area contributed by atoms with Gasteiger partial charge in [-0.2, -0.15) is 0 Å². The number of aliphatic hydroxyl groups is 1. The first-order valence-corrected chi connectivity index (χ1v) is 10.8. The molecule has 0 bridgehead atoms. The highest BCUT2D eigenvalue weighted by molar-refractivity contribution is 7.91. The molecule has 2 heterocycles. The number of benzene rings is 1. The number of aliphatic hydroxyl groups excluding tert-OH is 1. The standard InChI is InChI=1S/C20H21N3O8S/c1-11(24)17-15-9-16(32(30)8-7-21-12(2)25)18(22(15)19(17)26)20(27)31-10-13-3-5-14(6-4-13)23(28)29/h3-8,11,15,17,24H,9-10H2,1-2H3,(H,21,25)/t11-,15-,17-,32?/m1/s1. The summed E-state index contributed by atoms with van der Waals surface area (Å²) in [7, 11) is -1.83. The maximum atomic E-state index is 12.8. The van der Waals surface area contributed by atoms with Gasteiger partial charge in [-0.15, -0.1) is 0 Å². The lowest BCUT2D eigenvalue weighted by Gasteiger charge is -2.44. The highest BCUT2D eigenvalue weighted by Gasteiger charge is 2.57. The number of ether oxygens (including phenoxy) is 1. The van der Waals surface area contributed by atoms with Crippen LogP contribution in [0.5, 0.6) is 0 Å². The molecule has 12 heteroatoms. The molecule has 32 heavy (non-hydrogen) atoms. The number of hydrogen-bond acceptors (Lipinski definition) is 8. The summed E-state index contributed by atoms with van der Waals surface area (Å²) in [5, 5.41) is 24.2. The normalized spacial score (nSPS) is 21.7. The molecule has 0 aliphatic carbocycles. The monoisotopic (exact) mass is 463 g/mol. The third-order valence-electron chi connectivity index (χ3n) is 5.12. The molecule has 2 amide bonds. The number of fused-ring (bicyclic) bond motifs is 1. The Morgan fingerprint density at radius 2 is 2.06 bits per heavy atom. The SMILES string of the molecule is CC(=O)NC=CS(=O)C1=C(C(=O)OCc2ccc([N+](=O)[O-])cc2)N2C(=O)[C@H]([C@@H](C)O)[C@H]2C1. The van der Waals surface area contributed by atoms with E-state index in [-0.39, 0.29) is 35.2 Å². The average molecular weight is 463 g/mol. The predicted octanol–water partition coefficient (Wildman–Crippen LogP) is 0.817. The average Bonchev–Trinajstić information content (AvgIpc) is 3.06. The number of β-lactam (4-membered cyclic amide) rings is 1. The van der Waals surface area contributed by atoms with Crippen LogP contribution in [0.1, 0.15) is 25.8 Å². The summed E-state index contributed by atoms with van der Waals surface area (Å²) in [4.78, 5) is 47.9. The van der Waals surface area contributed by atoms with Crippen molar-refractivity contribution in [1.82, 2.24) is 10.2 Å². The minimum atomic E-state index is -1.83. The van der Waals surface area contributed by atoms with Crippen molar-refractivity contribution in [2.24, 2.45) is 5.92 Å². The van der Waals surface area contributed by atoms with Gasteiger partial charge in [-0.1, -0.05) is 0 Å². The van der Waals surface area contributed by atoms with Crippen LogP contribution >= 0.6 is 0 Å². The largest absolute Gasteiger partial charge is 0.456 e. The van der Waals surface area contributed by atoms with E-state index in [0.29, 0.717) is 5.56 Å². The fourth-order valence-electron chi connectivity index (χ4n) is 3.63. The summed E-state index contributed by atoms with van der Waals surface area (Å²) in [6.07, 6.45) is 0.360. The smallest absolute Gasteiger partial charge is 0.356 e. The molecule has 1 aromatic carbocycles. The van der Waals surface area contributed by atoms with Crippen LogP contribution in [0.4, 0.5) is 5.69 Å². The maximum absolute atomic E-state index is 12.8. The van der Waals surface area contributed by atoms with E-state index in [1.54, 1.807) is 0 Å². The van der Waals surface area contributed by atoms with E-state index < -0.39 is 45.7 Å². The number of nitrogens with one attached hydrogen (secondary N) is 1. The second-order valence-electron chi connectivity index (χ2n) is 7.32. The highest BCUT2D eigenvalue weighted by atomic mass is 32.2. The number of non-ortho nitro benzene ring substituents is 1. The first kappa shape index (κ1) is 23.3. The molecule has 0 radical (unpaired) electrons. The van der Waals surface area contributed by atoms with E-state index in [1.807, 2.05) is 0 Å². The van der Waals surface area contributed by atoms with Crippen LogP contribution in [0.15, 0.2) is 46.5 Å². The predicted molar refractivity (Wildman–Crippen MR) is 111 cm³/mol. The van der Waals surface area contributed by atoms with E-state index in [1.165, 1.54) is 54.6 Å². The number of nitrogens with zero attached hydrogens (tertiary/aromatic N) is 2. The van der Waals surface area contributed by atoms with Crippen LogP contribution in [0.2, 0.25) is 0 Å². The van der Waals surface area contributed by atoms with Crippen LogP contribution in [-0.2, 0) is 36.5 Å². The Morgan fingerprint density at radius 1 is 1.41 bits per heavy atom. The fourth-order valence-corrected chi connectivity index (χ4v) is 4.69. The molecule has 1 fully saturated rings. The summed E-state index contributed by atoms with van der Waals surface area (Å²) in [5.41, 5.74) is 0.231. The zero-order chi connectivity index (χ0) is 23.6. The van der Waals surface area contributed by atoms with Gasteiger partial charge in [-0.25, -0.2) is 9.00 Å². The van der Waals surface area contributed by atoms with E-state index in [9.17, 15) is 33.8 Å². The van der Waals surface area contributed by atoms with E-state index in [2.05, 4.69) is 5.32 Å². The lowest BCUT2D eigenvalue weighted by atomic mass is 9.83. The van der Waals surface area contributed by atoms with E-state index in [0.717, 1.165) is 0 Å². The maximum Gasteiger partial charge on any atom is 0.356 e. The molecule has 170 valence electrons. The van der Waals surface area contributed by atoms with E-state index in [4.69, 9.17) is 4.74 Å². The Hall–Kier alpha value is -3.38. The van der Waals surface area contributed by atoms with Crippen LogP contribution in [-0.4, -0.2) is 49.1 Å². The van der Waals surface area contributed by atoms with Gasteiger partial charge in [0, 0.05) is 37.1 Å². The van der Waals surface area contributed by atoms with E-state index >= 15 is 0 Å². The second-order valence-corrected chi connectivity index (χ2v) is 8.68. The summed E-state index contributed by atoms with van der Waals surface area (Å²) in [6, 6.07) is 4.90. The number of esters is 1.